The van der Waals surface area contributed by atoms with E-state index < -0.39 is 40.1 Å². The summed E-state index contributed by atoms with van der Waals surface area (Å²) in [4.78, 5) is 49.0. The molecule has 6 nitrogen and oxygen atoms in total. The zero-order valence-electron chi connectivity index (χ0n) is 13.0. The number of hydrogen-bond donors (Lipinski definition) is 2. The van der Waals surface area contributed by atoms with E-state index in [1.54, 1.807) is 44.2 Å². The summed E-state index contributed by atoms with van der Waals surface area (Å²) in [5, 5.41) is 0. The molecule has 3 rings (SSSR count). The van der Waals surface area contributed by atoms with Crippen molar-refractivity contribution in [1.82, 2.24) is 10.9 Å². The van der Waals surface area contributed by atoms with Crippen LogP contribution in [0.15, 0.2) is 30.3 Å². The van der Waals surface area contributed by atoms with Gasteiger partial charge in [-0.2, -0.15) is 0 Å². The first-order chi connectivity index (χ1) is 10.8. The second-order valence-electron chi connectivity index (χ2n) is 6.69. The van der Waals surface area contributed by atoms with Crippen molar-refractivity contribution in [2.45, 2.75) is 26.7 Å². The van der Waals surface area contributed by atoms with Gasteiger partial charge in [0.15, 0.2) is 0 Å². The number of ketones is 2. The molecule has 2 unspecified atom stereocenters. The average Bonchev–Trinajstić information content (AvgIpc) is 2.89. The van der Waals surface area contributed by atoms with Crippen LogP contribution >= 0.6 is 0 Å². The van der Waals surface area contributed by atoms with E-state index in [2.05, 4.69) is 10.9 Å². The molecule has 0 heterocycles. The number of hydrazine groups is 1. The second-order valence-corrected chi connectivity index (χ2v) is 6.69. The highest BCUT2D eigenvalue weighted by Crippen LogP contribution is 2.62. The quantitative estimate of drug-likeness (QED) is 0.484. The number of carbonyl (C=O) groups is 4. The molecule has 0 aromatic heterocycles. The number of Topliss-reactive ketones (excluding diaryl/α,β-unsaturated/α-hetero) is 2. The SMILES string of the molecule is CC1(C)C2CCC1(C(=O)NNC(=O)c1ccccc1)C(=O)C2=O. The summed E-state index contributed by atoms with van der Waals surface area (Å²) in [5.74, 6) is -2.59. The Hall–Kier alpha value is -2.50. The van der Waals surface area contributed by atoms with Crippen LogP contribution in [0.2, 0.25) is 0 Å². The smallest absolute Gasteiger partial charge is 0.269 e. The van der Waals surface area contributed by atoms with Crippen molar-refractivity contribution in [3.8, 4) is 0 Å². The maximum absolute atomic E-state index is 12.6. The molecule has 2 fully saturated rings. The van der Waals surface area contributed by atoms with Gasteiger partial charge in [0.25, 0.3) is 11.8 Å². The molecule has 0 radical (unpaired) electrons. The van der Waals surface area contributed by atoms with Crippen LogP contribution in [0.4, 0.5) is 0 Å². The van der Waals surface area contributed by atoms with Crippen molar-refractivity contribution in [3.63, 3.8) is 0 Å². The Balaban J connectivity index is 1.77. The number of rotatable bonds is 2. The van der Waals surface area contributed by atoms with Gasteiger partial charge in [0.1, 0.15) is 5.41 Å². The highest BCUT2D eigenvalue weighted by molar-refractivity contribution is 6.47. The van der Waals surface area contributed by atoms with Gasteiger partial charge in [0.2, 0.25) is 11.6 Å². The molecule has 1 aromatic rings. The lowest BCUT2D eigenvalue weighted by Crippen LogP contribution is -2.55. The Kier molecular flexibility index (Phi) is 3.35. The molecule has 2 bridgehead atoms. The Bertz CT molecular complexity index is 711. The predicted octanol–water partition coefficient (Wildman–Crippen LogP) is 1.02. The number of fused-ring (bicyclic) bond motifs is 2. The number of nitrogens with one attached hydrogen (secondary N) is 2. The van der Waals surface area contributed by atoms with E-state index in [1.165, 1.54) is 0 Å². The standard InChI is InChI=1S/C17H18N2O4/c1-16(2)11-8-9-17(16,13(21)12(11)20)15(23)19-18-14(22)10-6-4-3-5-7-10/h3-7,11H,8-9H2,1-2H3,(H,18,22)(H,19,23). The molecule has 2 atom stereocenters. The summed E-state index contributed by atoms with van der Waals surface area (Å²) in [5.41, 5.74) is 2.94. The molecule has 0 aliphatic heterocycles. The fourth-order valence-electron chi connectivity index (χ4n) is 3.97. The molecule has 23 heavy (non-hydrogen) atoms. The first-order valence-electron chi connectivity index (χ1n) is 7.57. The van der Waals surface area contributed by atoms with E-state index >= 15 is 0 Å². The van der Waals surface area contributed by atoms with Crippen LogP contribution in [-0.2, 0) is 14.4 Å². The minimum atomic E-state index is -1.38. The van der Waals surface area contributed by atoms with Crippen LogP contribution in [0.5, 0.6) is 0 Å². The lowest BCUT2D eigenvalue weighted by molar-refractivity contribution is -0.149. The molecule has 1 aromatic carbocycles. The van der Waals surface area contributed by atoms with E-state index in [4.69, 9.17) is 0 Å². The molecular formula is C17H18N2O4. The zero-order valence-corrected chi connectivity index (χ0v) is 13.0. The lowest BCUT2D eigenvalue weighted by Gasteiger charge is -2.33. The Labute approximate surface area is 133 Å². The number of hydrogen-bond acceptors (Lipinski definition) is 4. The number of carbonyl (C=O) groups excluding carboxylic acids is 4. The van der Waals surface area contributed by atoms with Crippen molar-refractivity contribution in [1.29, 1.82) is 0 Å². The van der Waals surface area contributed by atoms with Gasteiger partial charge >= 0.3 is 0 Å². The molecule has 0 spiro atoms. The van der Waals surface area contributed by atoms with Crippen LogP contribution in [-0.4, -0.2) is 23.4 Å². The van der Waals surface area contributed by atoms with Crippen LogP contribution in [0, 0.1) is 16.7 Å². The van der Waals surface area contributed by atoms with Gasteiger partial charge < -0.3 is 0 Å². The minimum absolute atomic E-state index is 0.336. The van der Waals surface area contributed by atoms with Crippen LogP contribution in [0.3, 0.4) is 0 Å². The van der Waals surface area contributed by atoms with E-state index in [1.807, 2.05) is 0 Å². The third kappa shape index (κ3) is 1.94. The van der Waals surface area contributed by atoms with Crippen molar-refractivity contribution in [3.05, 3.63) is 35.9 Å². The van der Waals surface area contributed by atoms with Gasteiger partial charge in [-0.15, -0.1) is 0 Å². The van der Waals surface area contributed by atoms with Gasteiger partial charge in [-0.25, -0.2) is 0 Å². The maximum atomic E-state index is 12.6. The average molecular weight is 314 g/mol. The normalized spacial score (nSPS) is 27.8. The summed E-state index contributed by atoms with van der Waals surface area (Å²) in [7, 11) is 0. The number of amides is 2. The summed E-state index contributed by atoms with van der Waals surface area (Å²) >= 11 is 0. The maximum Gasteiger partial charge on any atom is 0.269 e. The van der Waals surface area contributed by atoms with Crippen molar-refractivity contribution in [2.24, 2.45) is 16.7 Å². The summed E-state index contributed by atoms with van der Waals surface area (Å²) < 4.78 is 0. The van der Waals surface area contributed by atoms with Crippen molar-refractivity contribution in [2.75, 3.05) is 0 Å². The van der Waals surface area contributed by atoms with E-state index in [0.29, 0.717) is 18.4 Å². The molecule has 120 valence electrons. The zero-order chi connectivity index (χ0) is 16.8. The third-order valence-electron chi connectivity index (χ3n) is 5.42. The lowest BCUT2D eigenvalue weighted by atomic mass is 9.68. The summed E-state index contributed by atoms with van der Waals surface area (Å²) in [6.07, 6.45) is 0.861. The highest BCUT2D eigenvalue weighted by atomic mass is 16.2. The molecule has 2 aliphatic rings. The first kappa shape index (κ1) is 15.4. The summed E-state index contributed by atoms with van der Waals surface area (Å²) in [6, 6.07) is 8.41. The Morgan fingerprint density at radius 1 is 1.09 bits per heavy atom. The first-order valence-corrected chi connectivity index (χ1v) is 7.57. The molecular weight excluding hydrogens is 296 g/mol. The van der Waals surface area contributed by atoms with E-state index in [-0.39, 0.29) is 0 Å². The molecule has 2 N–H and O–H groups in total. The second kappa shape index (κ2) is 5.01. The number of benzene rings is 1. The van der Waals surface area contributed by atoms with Gasteiger partial charge in [-0.1, -0.05) is 32.0 Å². The fraction of sp³-hybridized carbons (Fsp3) is 0.412. The van der Waals surface area contributed by atoms with Gasteiger partial charge in [-0.3, -0.25) is 30.0 Å². The minimum Gasteiger partial charge on any atom is -0.291 e. The van der Waals surface area contributed by atoms with Gasteiger partial charge in [0, 0.05) is 11.5 Å². The monoisotopic (exact) mass is 314 g/mol. The molecule has 2 amide bonds. The fourth-order valence-corrected chi connectivity index (χ4v) is 3.97. The van der Waals surface area contributed by atoms with Crippen LogP contribution < -0.4 is 10.9 Å². The van der Waals surface area contributed by atoms with Crippen LogP contribution in [0.1, 0.15) is 37.0 Å². The predicted molar refractivity (Wildman–Crippen MR) is 81.0 cm³/mol. The third-order valence-corrected chi connectivity index (χ3v) is 5.42. The van der Waals surface area contributed by atoms with Crippen LogP contribution in [0.25, 0.3) is 0 Å². The van der Waals surface area contributed by atoms with E-state index in [9.17, 15) is 19.2 Å². The Morgan fingerprint density at radius 2 is 1.74 bits per heavy atom. The Morgan fingerprint density at radius 3 is 2.30 bits per heavy atom. The highest BCUT2D eigenvalue weighted by Gasteiger charge is 2.72. The molecule has 2 aliphatic carbocycles. The molecule has 2 saturated carbocycles. The van der Waals surface area contributed by atoms with Crippen molar-refractivity contribution >= 4 is 23.4 Å². The van der Waals surface area contributed by atoms with Gasteiger partial charge in [0.05, 0.1) is 0 Å². The molecule has 0 saturated heterocycles. The summed E-state index contributed by atoms with van der Waals surface area (Å²) in [6.45, 7) is 3.54. The van der Waals surface area contributed by atoms with E-state index in [0.717, 1.165) is 0 Å². The van der Waals surface area contributed by atoms with Gasteiger partial charge in [-0.05, 0) is 30.4 Å². The largest absolute Gasteiger partial charge is 0.291 e. The topological polar surface area (TPSA) is 92.3 Å². The molecule has 6 heteroatoms. The van der Waals surface area contributed by atoms with Crippen molar-refractivity contribution < 1.29 is 19.2 Å².